The molecule has 1 aromatic heterocycles. The van der Waals surface area contributed by atoms with E-state index in [1.165, 1.54) is 31.4 Å². The molecule has 2 rings (SSSR count). The van der Waals surface area contributed by atoms with Crippen molar-refractivity contribution in [1.82, 2.24) is 5.16 Å². The van der Waals surface area contributed by atoms with Gasteiger partial charge in [-0.1, -0.05) is 37.8 Å². The maximum Gasteiger partial charge on any atom is 0.230 e. The fraction of sp³-hybridized carbons (Fsp3) is 0.438. The molecule has 0 fully saturated rings. The van der Waals surface area contributed by atoms with Gasteiger partial charge in [0.25, 0.3) is 0 Å². The van der Waals surface area contributed by atoms with Gasteiger partial charge in [0, 0.05) is 11.6 Å². The molecule has 5 heteroatoms. The van der Waals surface area contributed by atoms with Crippen LogP contribution in [0.4, 0.5) is 14.7 Å². The molecule has 0 radical (unpaired) electrons. The normalized spacial score (nSPS) is 11.0. The van der Waals surface area contributed by atoms with Gasteiger partial charge in [-0.3, -0.25) is 0 Å². The molecule has 0 aliphatic carbocycles. The van der Waals surface area contributed by atoms with E-state index < -0.39 is 11.6 Å². The standard InChI is InChI=1S/C16H20F2N2O/c1-2-3-4-5-6-7-14-15(16(19)21-20-14)12-9-8-11(17)10-13(12)18/h8-10H,2-7,19H2,1H3. The number of benzene rings is 1. The lowest BCUT2D eigenvalue weighted by molar-refractivity contribution is 0.425. The van der Waals surface area contributed by atoms with Crippen LogP contribution in [0.15, 0.2) is 22.7 Å². The average molecular weight is 294 g/mol. The van der Waals surface area contributed by atoms with Crippen molar-refractivity contribution >= 4 is 5.88 Å². The highest BCUT2D eigenvalue weighted by Gasteiger charge is 2.18. The van der Waals surface area contributed by atoms with Crippen molar-refractivity contribution in [2.24, 2.45) is 0 Å². The molecule has 0 aliphatic rings. The summed E-state index contributed by atoms with van der Waals surface area (Å²) in [7, 11) is 0. The van der Waals surface area contributed by atoms with Crippen molar-refractivity contribution in [2.75, 3.05) is 5.73 Å². The molecule has 21 heavy (non-hydrogen) atoms. The van der Waals surface area contributed by atoms with Crippen molar-refractivity contribution in [2.45, 2.75) is 45.4 Å². The minimum absolute atomic E-state index is 0.0732. The van der Waals surface area contributed by atoms with Crippen LogP contribution in [0.1, 0.15) is 44.7 Å². The largest absolute Gasteiger partial charge is 0.367 e. The molecule has 0 saturated heterocycles. The highest BCUT2D eigenvalue weighted by molar-refractivity contribution is 5.75. The van der Waals surface area contributed by atoms with E-state index in [4.69, 9.17) is 10.3 Å². The minimum atomic E-state index is -0.655. The first-order valence-electron chi connectivity index (χ1n) is 7.33. The molecule has 0 unspecified atom stereocenters. The summed E-state index contributed by atoms with van der Waals surface area (Å²) in [5.41, 5.74) is 7.06. The van der Waals surface area contributed by atoms with Crippen molar-refractivity contribution in [3.8, 4) is 11.1 Å². The van der Waals surface area contributed by atoms with E-state index in [0.717, 1.165) is 18.9 Å². The van der Waals surface area contributed by atoms with Crippen molar-refractivity contribution in [3.63, 3.8) is 0 Å². The molecule has 0 saturated carbocycles. The number of unbranched alkanes of at least 4 members (excludes halogenated alkanes) is 4. The van der Waals surface area contributed by atoms with Gasteiger partial charge in [-0.05, 0) is 25.0 Å². The van der Waals surface area contributed by atoms with E-state index in [2.05, 4.69) is 12.1 Å². The van der Waals surface area contributed by atoms with E-state index in [-0.39, 0.29) is 11.4 Å². The highest BCUT2D eigenvalue weighted by Crippen LogP contribution is 2.32. The van der Waals surface area contributed by atoms with Crippen LogP contribution in [-0.2, 0) is 6.42 Å². The smallest absolute Gasteiger partial charge is 0.230 e. The Bertz CT molecular complexity index is 596. The molecule has 1 aromatic carbocycles. The molecule has 2 aromatic rings. The summed E-state index contributed by atoms with van der Waals surface area (Å²) in [5, 5.41) is 3.91. The first kappa shape index (κ1) is 15.5. The van der Waals surface area contributed by atoms with Crippen LogP contribution in [0, 0.1) is 11.6 Å². The Morgan fingerprint density at radius 3 is 2.62 bits per heavy atom. The zero-order valence-corrected chi connectivity index (χ0v) is 12.2. The zero-order valence-electron chi connectivity index (χ0n) is 12.2. The van der Waals surface area contributed by atoms with E-state index in [0.29, 0.717) is 17.7 Å². The molecule has 2 N–H and O–H groups in total. The Morgan fingerprint density at radius 1 is 1.14 bits per heavy atom. The highest BCUT2D eigenvalue weighted by atomic mass is 19.1. The Balaban J connectivity index is 2.14. The predicted octanol–water partition coefficient (Wildman–Crippen LogP) is 4.71. The fourth-order valence-electron chi connectivity index (χ4n) is 2.38. The van der Waals surface area contributed by atoms with E-state index in [9.17, 15) is 8.78 Å². The number of nitrogens with zero attached hydrogens (tertiary/aromatic N) is 1. The maximum absolute atomic E-state index is 13.9. The second-order valence-electron chi connectivity index (χ2n) is 5.16. The van der Waals surface area contributed by atoms with Crippen molar-refractivity contribution < 1.29 is 13.3 Å². The number of hydrogen-bond acceptors (Lipinski definition) is 3. The fourth-order valence-corrected chi connectivity index (χ4v) is 2.38. The van der Waals surface area contributed by atoms with Crippen LogP contribution in [0.2, 0.25) is 0 Å². The van der Waals surface area contributed by atoms with Gasteiger partial charge in [-0.2, -0.15) is 0 Å². The summed E-state index contributed by atoms with van der Waals surface area (Å²) in [6.45, 7) is 2.16. The lowest BCUT2D eigenvalue weighted by atomic mass is 10.0. The summed E-state index contributed by atoms with van der Waals surface area (Å²) >= 11 is 0. The van der Waals surface area contributed by atoms with E-state index >= 15 is 0 Å². The molecular weight excluding hydrogens is 274 g/mol. The Labute approximate surface area is 123 Å². The quantitative estimate of drug-likeness (QED) is 0.752. The van der Waals surface area contributed by atoms with Crippen LogP contribution in [0.3, 0.4) is 0 Å². The maximum atomic E-state index is 13.9. The molecule has 1 heterocycles. The van der Waals surface area contributed by atoms with Crippen molar-refractivity contribution in [1.29, 1.82) is 0 Å². The van der Waals surface area contributed by atoms with Gasteiger partial charge >= 0.3 is 0 Å². The number of aryl methyl sites for hydroxylation is 1. The molecule has 0 spiro atoms. The number of nitrogen functional groups attached to an aromatic ring is 1. The average Bonchev–Trinajstić information content (AvgIpc) is 2.80. The summed E-state index contributed by atoms with van der Waals surface area (Å²) < 4.78 is 31.9. The third-order valence-corrected chi connectivity index (χ3v) is 3.51. The van der Waals surface area contributed by atoms with Gasteiger partial charge < -0.3 is 10.3 Å². The molecule has 3 nitrogen and oxygen atoms in total. The first-order chi connectivity index (χ1) is 10.1. The van der Waals surface area contributed by atoms with Gasteiger partial charge in [-0.15, -0.1) is 0 Å². The van der Waals surface area contributed by atoms with Crippen molar-refractivity contribution in [3.05, 3.63) is 35.5 Å². The number of nitrogens with two attached hydrogens (primary N) is 1. The van der Waals surface area contributed by atoms with Gasteiger partial charge in [-0.25, -0.2) is 8.78 Å². The summed E-state index contributed by atoms with van der Waals surface area (Å²) in [6, 6.07) is 3.41. The van der Waals surface area contributed by atoms with Gasteiger partial charge in [0.1, 0.15) is 11.6 Å². The molecule has 0 aliphatic heterocycles. The van der Waals surface area contributed by atoms with Crippen LogP contribution in [0.5, 0.6) is 0 Å². The van der Waals surface area contributed by atoms with Crippen LogP contribution in [-0.4, -0.2) is 5.16 Å². The number of aromatic nitrogens is 1. The van der Waals surface area contributed by atoms with Crippen LogP contribution >= 0.6 is 0 Å². The second-order valence-corrected chi connectivity index (χ2v) is 5.16. The lowest BCUT2D eigenvalue weighted by Gasteiger charge is -2.04. The molecule has 114 valence electrons. The Kier molecular flexibility index (Phi) is 5.31. The van der Waals surface area contributed by atoms with E-state index in [1.54, 1.807) is 0 Å². The summed E-state index contributed by atoms with van der Waals surface area (Å²) in [5.74, 6) is -1.20. The molecule has 0 atom stereocenters. The second kappa shape index (κ2) is 7.20. The lowest BCUT2D eigenvalue weighted by Crippen LogP contribution is -1.95. The van der Waals surface area contributed by atoms with Crippen LogP contribution in [0.25, 0.3) is 11.1 Å². The topological polar surface area (TPSA) is 52.0 Å². The predicted molar refractivity (Wildman–Crippen MR) is 78.7 cm³/mol. The Hall–Kier alpha value is -1.91. The van der Waals surface area contributed by atoms with Gasteiger partial charge in [0.15, 0.2) is 0 Å². The Morgan fingerprint density at radius 2 is 1.90 bits per heavy atom. The van der Waals surface area contributed by atoms with E-state index in [1.807, 2.05) is 0 Å². The third kappa shape index (κ3) is 3.80. The summed E-state index contributed by atoms with van der Waals surface area (Å²) in [4.78, 5) is 0. The number of rotatable bonds is 7. The first-order valence-corrected chi connectivity index (χ1v) is 7.33. The minimum Gasteiger partial charge on any atom is -0.367 e. The number of hydrogen-bond donors (Lipinski definition) is 1. The van der Waals surface area contributed by atoms with Gasteiger partial charge in [0.05, 0.1) is 11.3 Å². The monoisotopic (exact) mass is 294 g/mol. The van der Waals surface area contributed by atoms with Gasteiger partial charge in [0.2, 0.25) is 5.88 Å². The number of halogens is 2. The zero-order chi connectivity index (χ0) is 15.2. The number of anilines is 1. The molecule has 0 amide bonds. The molecular formula is C16H20F2N2O. The molecule has 0 bridgehead atoms. The third-order valence-electron chi connectivity index (χ3n) is 3.51. The SMILES string of the molecule is CCCCCCCc1noc(N)c1-c1ccc(F)cc1F. The van der Waals surface area contributed by atoms with Crippen LogP contribution < -0.4 is 5.73 Å². The summed E-state index contributed by atoms with van der Waals surface area (Å²) in [6.07, 6.45) is 6.28.